The Hall–Kier alpha value is -9.91. The summed E-state index contributed by atoms with van der Waals surface area (Å²) in [4.78, 5) is 0. The number of hydrogen-bond donors (Lipinski definition) is 0. The van der Waals surface area contributed by atoms with Crippen molar-refractivity contribution in [3.05, 3.63) is 263 Å². The zero-order valence-electron chi connectivity index (χ0n) is 45.0. The van der Waals surface area contributed by atoms with Gasteiger partial charge in [0.15, 0.2) is 0 Å². The third-order valence-corrected chi connectivity index (χ3v) is 16.2. The van der Waals surface area contributed by atoms with E-state index in [0.29, 0.717) is 34.6 Å². The number of nitrogens with zero attached hydrogens (tertiary/aromatic N) is 3. The summed E-state index contributed by atoms with van der Waals surface area (Å²) in [6, 6.07) is 71.8. The second-order valence-electron chi connectivity index (χ2n) is 21.2. The zero-order valence-corrected chi connectivity index (χ0v) is 45.0. The van der Waals surface area contributed by atoms with Gasteiger partial charge in [0.25, 0.3) is 0 Å². The lowest BCUT2D eigenvalue weighted by atomic mass is 9.90. The molecule has 398 valence electrons. The standard InChI is InChI=1S/C73H49F6N3/c1-43-14-5-9-18-53(43)48-25-31-66-58(37-48)59-38-49(54-19-10-6-15-44(54)2)26-32-67(59)81(66)65-30-24-47(42-80)36-57(65)62-41-52(71-63(72(74,75)76)22-13-23-64(71)73(77,78)79)29-35-70(62)82-68-33-27-50(55-20-11-7-16-45(55)3)39-60(68)61-40-51(28-34-69(61)82)56-21-12-8-17-46(56)4/h5-41H,1-4H3. The fourth-order valence-corrected chi connectivity index (χ4v) is 12.3. The minimum atomic E-state index is -5.16. The van der Waals surface area contributed by atoms with Gasteiger partial charge in [-0.25, -0.2) is 0 Å². The topological polar surface area (TPSA) is 33.6 Å². The number of benzene rings is 11. The van der Waals surface area contributed by atoms with Gasteiger partial charge in [-0.3, -0.25) is 0 Å². The second-order valence-corrected chi connectivity index (χ2v) is 21.2. The fraction of sp³-hybridized carbons (Fsp3) is 0.0822. The molecule has 13 rings (SSSR count). The van der Waals surface area contributed by atoms with Crippen LogP contribution in [0.2, 0.25) is 0 Å². The molecule has 0 N–H and O–H groups in total. The molecule has 0 bridgehead atoms. The first-order valence-electron chi connectivity index (χ1n) is 26.9. The van der Waals surface area contributed by atoms with Crippen molar-refractivity contribution in [2.24, 2.45) is 0 Å². The van der Waals surface area contributed by atoms with Gasteiger partial charge >= 0.3 is 12.4 Å². The van der Waals surface area contributed by atoms with Crippen LogP contribution in [0.4, 0.5) is 26.3 Å². The summed E-state index contributed by atoms with van der Waals surface area (Å²) in [6.07, 6.45) is -10.3. The molecule has 11 aromatic carbocycles. The predicted octanol–water partition coefficient (Wildman–Crippen LogP) is 21.0. The molecule has 0 saturated heterocycles. The van der Waals surface area contributed by atoms with Gasteiger partial charge in [-0.1, -0.05) is 133 Å². The Morgan fingerprint density at radius 1 is 0.317 bits per heavy atom. The molecular weight excluding hydrogens is 1030 g/mol. The van der Waals surface area contributed by atoms with Gasteiger partial charge in [-0.15, -0.1) is 0 Å². The molecule has 9 heteroatoms. The summed E-state index contributed by atoms with van der Waals surface area (Å²) in [5.41, 5.74) is 13.4. The van der Waals surface area contributed by atoms with Crippen molar-refractivity contribution in [1.82, 2.24) is 9.13 Å². The number of nitriles is 1. The Balaban J connectivity index is 1.16. The van der Waals surface area contributed by atoms with E-state index in [-0.39, 0.29) is 11.1 Å². The Labute approximate surface area is 469 Å². The molecule has 0 fully saturated rings. The molecule has 0 unspecified atom stereocenters. The highest BCUT2D eigenvalue weighted by atomic mass is 19.4. The number of aryl methyl sites for hydroxylation is 4. The van der Waals surface area contributed by atoms with Gasteiger partial charge in [-0.05, 0) is 191 Å². The van der Waals surface area contributed by atoms with Crippen molar-refractivity contribution in [2.45, 2.75) is 40.0 Å². The van der Waals surface area contributed by atoms with E-state index in [9.17, 15) is 5.26 Å². The van der Waals surface area contributed by atoms with Crippen LogP contribution in [0.15, 0.2) is 224 Å². The second kappa shape index (κ2) is 19.7. The van der Waals surface area contributed by atoms with E-state index in [1.165, 1.54) is 12.1 Å². The maximum atomic E-state index is 15.3. The quantitative estimate of drug-likeness (QED) is 0.140. The van der Waals surface area contributed by atoms with Crippen LogP contribution in [0.3, 0.4) is 0 Å². The van der Waals surface area contributed by atoms with Gasteiger partial charge < -0.3 is 9.13 Å². The van der Waals surface area contributed by atoms with Crippen LogP contribution in [-0.2, 0) is 12.4 Å². The number of fused-ring (bicyclic) bond motifs is 6. The van der Waals surface area contributed by atoms with E-state index in [0.717, 1.165) is 116 Å². The third kappa shape index (κ3) is 8.70. The molecule has 13 aromatic rings. The van der Waals surface area contributed by atoms with E-state index >= 15 is 26.3 Å². The van der Waals surface area contributed by atoms with Gasteiger partial charge in [0, 0.05) is 38.2 Å². The molecule has 0 spiro atoms. The van der Waals surface area contributed by atoms with Crippen LogP contribution in [0, 0.1) is 39.0 Å². The van der Waals surface area contributed by atoms with E-state index in [1.54, 1.807) is 18.2 Å². The Morgan fingerprint density at radius 2 is 0.634 bits per heavy atom. The molecule has 2 aromatic heterocycles. The number of halogens is 6. The number of aromatic nitrogens is 2. The van der Waals surface area contributed by atoms with E-state index < -0.39 is 29.0 Å². The molecule has 3 nitrogen and oxygen atoms in total. The lowest BCUT2D eigenvalue weighted by molar-refractivity contribution is -0.142. The van der Waals surface area contributed by atoms with Crippen LogP contribution in [-0.4, -0.2) is 9.13 Å². The molecule has 0 saturated carbocycles. The van der Waals surface area contributed by atoms with Gasteiger partial charge in [0.2, 0.25) is 0 Å². The first kappa shape index (κ1) is 51.5. The van der Waals surface area contributed by atoms with E-state index in [1.807, 2.05) is 83.4 Å². The normalized spacial score (nSPS) is 12.0. The molecule has 0 aliphatic carbocycles. The summed E-state index contributed by atoms with van der Waals surface area (Å²) in [6.45, 7) is 8.26. The molecule has 0 radical (unpaired) electrons. The van der Waals surface area contributed by atoms with E-state index in [2.05, 4.69) is 135 Å². The molecule has 0 amide bonds. The minimum absolute atomic E-state index is 0.235. The number of alkyl halides is 6. The average Bonchev–Trinajstić information content (AvgIpc) is 2.50. The largest absolute Gasteiger partial charge is 0.417 e. The fourth-order valence-electron chi connectivity index (χ4n) is 12.3. The lowest BCUT2D eigenvalue weighted by Gasteiger charge is -2.22. The predicted molar refractivity (Wildman–Crippen MR) is 321 cm³/mol. The van der Waals surface area contributed by atoms with Crippen LogP contribution in [0.25, 0.3) is 122 Å². The molecular formula is C73H49F6N3. The molecule has 82 heavy (non-hydrogen) atoms. The molecule has 2 heterocycles. The van der Waals surface area contributed by atoms with Crippen molar-refractivity contribution >= 4 is 43.6 Å². The van der Waals surface area contributed by atoms with Crippen molar-refractivity contribution < 1.29 is 26.3 Å². The van der Waals surface area contributed by atoms with E-state index in [4.69, 9.17) is 0 Å². The van der Waals surface area contributed by atoms with Crippen LogP contribution in [0.5, 0.6) is 0 Å². The van der Waals surface area contributed by atoms with Gasteiger partial charge in [-0.2, -0.15) is 31.6 Å². The summed E-state index contributed by atoms with van der Waals surface area (Å²) in [5.74, 6) is 0. The summed E-state index contributed by atoms with van der Waals surface area (Å²) >= 11 is 0. The smallest absolute Gasteiger partial charge is 0.309 e. The minimum Gasteiger partial charge on any atom is -0.309 e. The van der Waals surface area contributed by atoms with Crippen molar-refractivity contribution in [1.29, 1.82) is 5.26 Å². The molecule has 0 atom stereocenters. The van der Waals surface area contributed by atoms with Crippen molar-refractivity contribution in [3.8, 4) is 84.2 Å². The summed E-state index contributed by atoms with van der Waals surface area (Å²) in [5, 5.41) is 14.4. The maximum absolute atomic E-state index is 15.3. The van der Waals surface area contributed by atoms with Crippen LogP contribution >= 0.6 is 0 Å². The first-order valence-corrected chi connectivity index (χ1v) is 26.9. The Morgan fingerprint density at radius 3 is 0.963 bits per heavy atom. The third-order valence-electron chi connectivity index (χ3n) is 16.2. The first-order chi connectivity index (χ1) is 39.5. The molecule has 0 aliphatic rings. The molecule has 0 aliphatic heterocycles. The van der Waals surface area contributed by atoms with Gasteiger partial charge in [0.05, 0.1) is 56.2 Å². The van der Waals surface area contributed by atoms with Gasteiger partial charge in [0.1, 0.15) is 0 Å². The zero-order chi connectivity index (χ0) is 56.8. The lowest BCUT2D eigenvalue weighted by Crippen LogP contribution is -2.14. The maximum Gasteiger partial charge on any atom is 0.417 e. The highest BCUT2D eigenvalue weighted by Crippen LogP contribution is 2.49. The number of hydrogen-bond acceptors (Lipinski definition) is 1. The highest BCUT2D eigenvalue weighted by Gasteiger charge is 2.41. The van der Waals surface area contributed by atoms with Crippen LogP contribution < -0.4 is 0 Å². The Kier molecular flexibility index (Phi) is 12.4. The highest BCUT2D eigenvalue weighted by molar-refractivity contribution is 6.14. The van der Waals surface area contributed by atoms with Crippen molar-refractivity contribution in [2.75, 3.05) is 0 Å². The average molecular weight is 1080 g/mol. The van der Waals surface area contributed by atoms with Crippen LogP contribution in [0.1, 0.15) is 38.9 Å². The number of rotatable bonds is 8. The summed E-state index contributed by atoms with van der Waals surface area (Å²) < 4.78 is 95.9. The summed E-state index contributed by atoms with van der Waals surface area (Å²) in [7, 11) is 0. The monoisotopic (exact) mass is 1080 g/mol. The SMILES string of the molecule is Cc1ccccc1-c1ccc2c(c1)c1cc(-c3ccccc3C)ccc1n2-c1ccc(C#N)cc1-c1cc(-c2c(C(F)(F)F)cccc2C(F)(F)F)ccc1-n1c2ccc(-c3ccccc3C)cc2c2cc(-c3ccccc3C)ccc21. The Bertz CT molecular complexity index is 4560. The van der Waals surface area contributed by atoms with Crippen molar-refractivity contribution in [3.63, 3.8) is 0 Å².